The highest BCUT2D eigenvalue weighted by atomic mass is 35.5. The molecule has 1 fully saturated rings. The summed E-state index contributed by atoms with van der Waals surface area (Å²) in [6, 6.07) is 6.58. The minimum atomic E-state index is 0.211. The Morgan fingerprint density at radius 2 is 2.25 bits per heavy atom. The van der Waals surface area contributed by atoms with Crippen LogP contribution in [0.3, 0.4) is 0 Å². The van der Waals surface area contributed by atoms with Gasteiger partial charge in [-0.1, -0.05) is 23.8 Å². The molecule has 0 spiro atoms. The van der Waals surface area contributed by atoms with Crippen LogP contribution in [0, 0.1) is 19.8 Å². The topological polar surface area (TPSA) is 9.23 Å². The average molecular weight is 239 g/mol. The molecule has 2 atom stereocenters. The average Bonchev–Trinajstić information content (AvgIpc) is 2.76. The van der Waals surface area contributed by atoms with E-state index in [-0.39, 0.29) is 5.38 Å². The number of hydrogen-bond acceptors (Lipinski definition) is 1. The highest BCUT2D eigenvalue weighted by molar-refractivity contribution is 6.21. The molecule has 0 radical (unpaired) electrons. The first-order chi connectivity index (χ1) is 7.66. The molecule has 0 amide bonds. The third-order valence-corrected chi connectivity index (χ3v) is 3.91. The van der Waals surface area contributed by atoms with Gasteiger partial charge in [0.15, 0.2) is 0 Å². The van der Waals surface area contributed by atoms with Crippen LogP contribution in [0.2, 0.25) is 0 Å². The van der Waals surface area contributed by atoms with Gasteiger partial charge in [-0.25, -0.2) is 0 Å². The molecule has 0 bridgehead atoms. The minimum absolute atomic E-state index is 0.211. The van der Waals surface area contributed by atoms with E-state index in [0.29, 0.717) is 5.92 Å². The summed E-state index contributed by atoms with van der Waals surface area (Å²) >= 11 is 6.47. The van der Waals surface area contributed by atoms with E-state index in [9.17, 15) is 0 Å². The van der Waals surface area contributed by atoms with E-state index in [0.717, 1.165) is 26.1 Å². The van der Waals surface area contributed by atoms with Crippen LogP contribution in [0.1, 0.15) is 23.1 Å². The van der Waals surface area contributed by atoms with Crippen molar-refractivity contribution in [3.8, 4) is 0 Å². The van der Waals surface area contributed by atoms with Crippen molar-refractivity contribution in [2.45, 2.75) is 32.1 Å². The fraction of sp³-hybridized carbons (Fsp3) is 0.571. The second-order valence-electron chi connectivity index (χ2n) is 4.77. The lowest BCUT2D eigenvalue weighted by atomic mass is 9.95. The van der Waals surface area contributed by atoms with Crippen molar-refractivity contribution in [1.82, 2.24) is 0 Å². The molecule has 1 heterocycles. The number of alkyl halides is 1. The largest absolute Gasteiger partial charge is 0.381 e. The summed E-state index contributed by atoms with van der Waals surface area (Å²) in [6.07, 6.45) is 2.07. The number of rotatable bonds is 3. The summed E-state index contributed by atoms with van der Waals surface area (Å²) in [5, 5.41) is 0.211. The zero-order chi connectivity index (χ0) is 11.5. The van der Waals surface area contributed by atoms with Crippen molar-refractivity contribution in [1.29, 1.82) is 0 Å². The lowest BCUT2D eigenvalue weighted by molar-refractivity contribution is 0.185. The van der Waals surface area contributed by atoms with Gasteiger partial charge in [-0.05, 0) is 37.8 Å². The third kappa shape index (κ3) is 2.78. The van der Waals surface area contributed by atoms with E-state index < -0.39 is 0 Å². The Hall–Kier alpha value is -0.530. The molecule has 0 saturated carbocycles. The van der Waals surface area contributed by atoms with Crippen LogP contribution in [0.5, 0.6) is 0 Å². The smallest absolute Gasteiger partial charge is 0.0509 e. The number of halogens is 1. The lowest BCUT2D eigenvalue weighted by Crippen LogP contribution is -2.18. The molecule has 0 aromatic heterocycles. The second-order valence-corrected chi connectivity index (χ2v) is 5.33. The summed E-state index contributed by atoms with van der Waals surface area (Å²) in [6.45, 7) is 5.99. The van der Waals surface area contributed by atoms with Crippen molar-refractivity contribution in [3.05, 3.63) is 34.9 Å². The SMILES string of the molecule is Cc1ccc(C)c(CC(Cl)C2CCOC2)c1. The molecular formula is C14H19ClO. The molecular weight excluding hydrogens is 220 g/mol. The molecule has 1 saturated heterocycles. The van der Waals surface area contributed by atoms with E-state index in [1.54, 1.807) is 0 Å². The van der Waals surface area contributed by atoms with Crippen LogP contribution >= 0.6 is 11.6 Å². The maximum Gasteiger partial charge on any atom is 0.0509 e. The predicted octanol–water partition coefficient (Wildman–Crippen LogP) is 3.49. The van der Waals surface area contributed by atoms with Crippen LogP contribution in [0.25, 0.3) is 0 Å². The Morgan fingerprint density at radius 3 is 2.94 bits per heavy atom. The monoisotopic (exact) mass is 238 g/mol. The van der Waals surface area contributed by atoms with Gasteiger partial charge in [-0.3, -0.25) is 0 Å². The van der Waals surface area contributed by atoms with E-state index in [1.807, 2.05) is 0 Å². The predicted molar refractivity (Wildman–Crippen MR) is 68.2 cm³/mol. The lowest BCUT2D eigenvalue weighted by Gasteiger charge is -2.17. The molecule has 2 heteroatoms. The van der Waals surface area contributed by atoms with Gasteiger partial charge in [-0.15, -0.1) is 11.6 Å². The Morgan fingerprint density at radius 1 is 1.44 bits per heavy atom. The van der Waals surface area contributed by atoms with Crippen molar-refractivity contribution >= 4 is 11.6 Å². The van der Waals surface area contributed by atoms with Gasteiger partial charge >= 0.3 is 0 Å². The molecule has 88 valence electrons. The van der Waals surface area contributed by atoms with E-state index >= 15 is 0 Å². The number of hydrogen-bond donors (Lipinski definition) is 0. The van der Waals surface area contributed by atoms with Crippen LogP contribution in [-0.4, -0.2) is 18.6 Å². The quantitative estimate of drug-likeness (QED) is 0.733. The Bertz CT molecular complexity index is 356. The first-order valence-electron chi connectivity index (χ1n) is 5.95. The zero-order valence-electron chi connectivity index (χ0n) is 10.0. The molecule has 1 aliphatic rings. The Balaban J connectivity index is 2.04. The Labute approximate surface area is 103 Å². The number of benzene rings is 1. The molecule has 0 aliphatic carbocycles. The molecule has 1 nitrogen and oxygen atoms in total. The first kappa shape index (κ1) is 11.9. The van der Waals surface area contributed by atoms with E-state index in [2.05, 4.69) is 32.0 Å². The maximum atomic E-state index is 6.47. The molecule has 1 aromatic rings. The van der Waals surface area contributed by atoms with Crippen LogP contribution in [-0.2, 0) is 11.2 Å². The van der Waals surface area contributed by atoms with Crippen LogP contribution in [0.4, 0.5) is 0 Å². The summed E-state index contributed by atoms with van der Waals surface area (Å²) in [4.78, 5) is 0. The van der Waals surface area contributed by atoms with Gasteiger partial charge < -0.3 is 4.74 Å². The molecule has 2 unspecified atom stereocenters. The highest BCUT2D eigenvalue weighted by Crippen LogP contribution is 2.25. The summed E-state index contributed by atoms with van der Waals surface area (Å²) in [5.74, 6) is 0.529. The zero-order valence-corrected chi connectivity index (χ0v) is 10.8. The normalized spacial score (nSPS) is 22.3. The molecule has 1 aromatic carbocycles. The van der Waals surface area contributed by atoms with Gasteiger partial charge in [-0.2, -0.15) is 0 Å². The number of ether oxygens (including phenoxy) is 1. The van der Waals surface area contributed by atoms with Crippen molar-refractivity contribution in [2.75, 3.05) is 13.2 Å². The van der Waals surface area contributed by atoms with Gasteiger partial charge in [0.2, 0.25) is 0 Å². The molecule has 0 N–H and O–H groups in total. The molecule has 16 heavy (non-hydrogen) atoms. The van der Waals surface area contributed by atoms with Crippen molar-refractivity contribution in [3.63, 3.8) is 0 Å². The molecule has 2 rings (SSSR count). The Kier molecular flexibility index (Phi) is 3.88. The summed E-state index contributed by atoms with van der Waals surface area (Å²) < 4.78 is 5.39. The van der Waals surface area contributed by atoms with Gasteiger partial charge in [0.05, 0.1) is 6.61 Å². The molecule has 1 aliphatic heterocycles. The van der Waals surface area contributed by atoms with Gasteiger partial charge in [0.25, 0.3) is 0 Å². The van der Waals surface area contributed by atoms with Gasteiger partial charge in [0.1, 0.15) is 0 Å². The third-order valence-electron chi connectivity index (χ3n) is 3.40. The fourth-order valence-electron chi connectivity index (χ4n) is 2.23. The van der Waals surface area contributed by atoms with Crippen LogP contribution < -0.4 is 0 Å². The van der Waals surface area contributed by atoms with E-state index in [4.69, 9.17) is 16.3 Å². The highest BCUT2D eigenvalue weighted by Gasteiger charge is 2.24. The first-order valence-corrected chi connectivity index (χ1v) is 6.38. The number of aryl methyl sites for hydroxylation is 2. The van der Waals surface area contributed by atoms with Crippen molar-refractivity contribution < 1.29 is 4.74 Å². The minimum Gasteiger partial charge on any atom is -0.381 e. The summed E-state index contributed by atoms with van der Waals surface area (Å²) in [7, 11) is 0. The van der Waals surface area contributed by atoms with E-state index in [1.165, 1.54) is 16.7 Å². The standard InChI is InChI=1S/C14H19ClO/c1-10-3-4-11(2)13(7-10)8-14(15)12-5-6-16-9-12/h3-4,7,12,14H,5-6,8-9H2,1-2H3. The fourth-order valence-corrected chi connectivity index (χ4v) is 2.60. The second kappa shape index (κ2) is 5.20. The van der Waals surface area contributed by atoms with Gasteiger partial charge in [0, 0.05) is 17.9 Å². The maximum absolute atomic E-state index is 6.47. The van der Waals surface area contributed by atoms with Crippen molar-refractivity contribution in [2.24, 2.45) is 5.92 Å². The van der Waals surface area contributed by atoms with Crippen LogP contribution in [0.15, 0.2) is 18.2 Å². The summed E-state index contributed by atoms with van der Waals surface area (Å²) in [5.41, 5.74) is 4.04.